The molecule has 0 amide bonds. The number of piperidine rings is 1. The van der Waals surface area contributed by atoms with Gasteiger partial charge >= 0.3 is 0 Å². The Balaban J connectivity index is 1.69. The Hall–Kier alpha value is -1.46. The summed E-state index contributed by atoms with van der Waals surface area (Å²) >= 11 is 0. The predicted octanol–water partition coefficient (Wildman–Crippen LogP) is 2.67. The Morgan fingerprint density at radius 1 is 1.27 bits per heavy atom. The van der Waals surface area contributed by atoms with Gasteiger partial charge in [-0.2, -0.15) is 0 Å². The summed E-state index contributed by atoms with van der Waals surface area (Å²) < 4.78 is 8.32. The number of pyridine rings is 1. The quantitative estimate of drug-likeness (QED) is 0.947. The molecule has 0 radical (unpaired) electrons. The van der Waals surface area contributed by atoms with Crippen LogP contribution in [0.25, 0.3) is 11.2 Å². The molecule has 2 atom stereocenters. The first-order chi connectivity index (χ1) is 10.9. The third-order valence-electron chi connectivity index (χ3n) is 4.84. The third kappa shape index (κ3) is 2.75. The fourth-order valence-electron chi connectivity index (χ4n) is 3.68. The van der Waals surface area contributed by atoms with E-state index in [-0.39, 0.29) is 6.10 Å². The van der Waals surface area contributed by atoms with Gasteiger partial charge in [0.05, 0.1) is 0 Å². The summed E-state index contributed by atoms with van der Waals surface area (Å²) in [4.78, 5) is 9.44. The fraction of sp³-hybridized carbons (Fsp3) is 0.647. The van der Waals surface area contributed by atoms with Gasteiger partial charge in [-0.05, 0) is 63.2 Å². The van der Waals surface area contributed by atoms with E-state index in [1.54, 1.807) is 0 Å². The van der Waals surface area contributed by atoms with Gasteiger partial charge in [0, 0.05) is 19.3 Å². The summed E-state index contributed by atoms with van der Waals surface area (Å²) in [6.45, 7) is 4.09. The number of aromatic nitrogens is 3. The van der Waals surface area contributed by atoms with Crippen molar-refractivity contribution in [2.24, 2.45) is 5.92 Å². The Kier molecular flexibility index (Phi) is 4.08. The summed E-state index contributed by atoms with van der Waals surface area (Å²) in [7, 11) is 0. The SMILES string of the molecule is c1cnc2c(c1)nc(C1CCCCO1)n2CC1CCCNC1. The van der Waals surface area contributed by atoms with Gasteiger partial charge in [-0.25, -0.2) is 9.97 Å². The molecule has 0 aliphatic carbocycles. The summed E-state index contributed by atoms with van der Waals surface area (Å²) in [6.07, 6.45) is 8.02. The van der Waals surface area contributed by atoms with Crippen molar-refractivity contribution in [1.29, 1.82) is 0 Å². The van der Waals surface area contributed by atoms with Crippen molar-refractivity contribution in [2.75, 3.05) is 19.7 Å². The first kappa shape index (κ1) is 14.2. The Morgan fingerprint density at radius 3 is 3.09 bits per heavy atom. The highest BCUT2D eigenvalue weighted by molar-refractivity contribution is 5.71. The summed E-state index contributed by atoms with van der Waals surface area (Å²) in [5, 5.41) is 3.51. The van der Waals surface area contributed by atoms with Crippen LogP contribution in [0.2, 0.25) is 0 Å². The van der Waals surface area contributed by atoms with Crippen LogP contribution in [0.15, 0.2) is 18.3 Å². The van der Waals surface area contributed by atoms with Gasteiger partial charge < -0.3 is 14.6 Å². The molecule has 4 heterocycles. The van der Waals surface area contributed by atoms with E-state index in [0.717, 1.165) is 49.7 Å². The van der Waals surface area contributed by atoms with Crippen LogP contribution in [0.3, 0.4) is 0 Å². The first-order valence-electron chi connectivity index (χ1n) is 8.55. The summed E-state index contributed by atoms with van der Waals surface area (Å²) in [5.74, 6) is 1.74. The van der Waals surface area contributed by atoms with Crippen LogP contribution in [-0.4, -0.2) is 34.2 Å². The molecular weight excluding hydrogens is 276 g/mol. The van der Waals surface area contributed by atoms with Crippen molar-refractivity contribution >= 4 is 11.2 Å². The normalized spacial score (nSPS) is 26.4. The molecular formula is C17H24N4O. The molecule has 2 aromatic heterocycles. The zero-order chi connectivity index (χ0) is 14.8. The second kappa shape index (κ2) is 6.34. The van der Waals surface area contributed by atoms with Crippen LogP contribution in [0, 0.1) is 5.92 Å². The van der Waals surface area contributed by atoms with Gasteiger partial charge in [-0.1, -0.05) is 0 Å². The average molecular weight is 300 g/mol. The number of nitrogens with one attached hydrogen (secondary N) is 1. The second-order valence-corrected chi connectivity index (χ2v) is 6.49. The van der Waals surface area contributed by atoms with E-state index in [9.17, 15) is 0 Å². The average Bonchev–Trinajstić information content (AvgIpc) is 2.95. The lowest BCUT2D eigenvalue weighted by Gasteiger charge is -2.27. The molecule has 5 heteroatoms. The van der Waals surface area contributed by atoms with E-state index >= 15 is 0 Å². The van der Waals surface area contributed by atoms with Gasteiger partial charge in [0.2, 0.25) is 0 Å². The standard InChI is InChI=1S/C17H24N4O/c1-2-10-22-15(7-1)17-20-14-6-4-9-19-16(14)21(17)12-13-5-3-8-18-11-13/h4,6,9,13,15,18H,1-3,5,7-8,10-12H2. The highest BCUT2D eigenvalue weighted by Crippen LogP contribution is 2.30. The minimum atomic E-state index is 0.138. The van der Waals surface area contributed by atoms with Gasteiger partial charge in [0.1, 0.15) is 17.4 Å². The minimum absolute atomic E-state index is 0.138. The van der Waals surface area contributed by atoms with E-state index < -0.39 is 0 Å². The molecule has 0 spiro atoms. The van der Waals surface area contributed by atoms with Gasteiger partial charge in [-0.3, -0.25) is 0 Å². The summed E-state index contributed by atoms with van der Waals surface area (Å²) in [6, 6.07) is 4.03. The van der Waals surface area contributed by atoms with Gasteiger partial charge in [-0.15, -0.1) is 0 Å². The molecule has 2 aromatic rings. The Labute approximate surface area is 131 Å². The molecule has 0 aromatic carbocycles. The monoisotopic (exact) mass is 300 g/mol. The van der Waals surface area contributed by atoms with Crippen LogP contribution < -0.4 is 5.32 Å². The number of fused-ring (bicyclic) bond motifs is 1. The number of rotatable bonds is 3. The van der Waals surface area contributed by atoms with E-state index in [1.165, 1.54) is 25.7 Å². The maximum atomic E-state index is 6.00. The van der Waals surface area contributed by atoms with Crippen molar-refractivity contribution < 1.29 is 4.74 Å². The second-order valence-electron chi connectivity index (χ2n) is 6.49. The van der Waals surface area contributed by atoms with Crippen molar-refractivity contribution in [1.82, 2.24) is 19.9 Å². The maximum Gasteiger partial charge on any atom is 0.160 e. The molecule has 1 N–H and O–H groups in total. The van der Waals surface area contributed by atoms with Gasteiger partial charge in [0.15, 0.2) is 5.65 Å². The maximum absolute atomic E-state index is 6.00. The topological polar surface area (TPSA) is 52.0 Å². The van der Waals surface area contributed by atoms with E-state index in [4.69, 9.17) is 9.72 Å². The molecule has 2 unspecified atom stereocenters. The minimum Gasteiger partial charge on any atom is -0.370 e. The van der Waals surface area contributed by atoms with E-state index in [1.807, 2.05) is 12.3 Å². The smallest absolute Gasteiger partial charge is 0.160 e. The van der Waals surface area contributed by atoms with Crippen molar-refractivity contribution in [3.05, 3.63) is 24.2 Å². The molecule has 2 saturated heterocycles. The fourth-order valence-corrected chi connectivity index (χ4v) is 3.68. The van der Waals surface area contributed by atoms with Gasteiger partial charge in [0.25, 0.3) is 0 Å². The number of hydrogen-bond acceptors (Lipinski definition) is 4. The van der Waals surface area contributed by atoms with Crippen LogP contribution in [0.5, 0.6) is 0 Å². The molecule has 118 valence electrons. The molecule has 4 rings (SSSR count). The van der Waals surface area contributed by atoms with Crippen molar-refractivity contribution in [3.8, 4) is 0 Å². The van der Waals surface area contributed by atoms with E-state index in [2.05, 4.69) is 20.9 Å². The van der Waals surface area contributed by atoms with Crippen molar-refractivity contribution in [2.45, 2.75) is 44.8 Å². The van der Waals surface area contributed by atoms with Crippen LogP contribution >= 0.6 is 0 Å². The number of imidazole rings is 1. The first-order valence-corrected chi connectivity index (χ1v) is 8.55. The zero-order valence-corrected chi connectivity index (χ0v) is 13.0. The number of ether oxygens (including phenoxy) is 1. The lowest BCUT2D eigenvalue weighted by Crippen LogP contribution is -2.33. The molecule has 0 bridgehead atoms. The third-order valence-corrected chi connectivity index (χ3v) is 4.84. The van der Waals surface area contributed by atoms with Crippen LogP contribution in [0.1, 0.15) is 44.0 Å². The Bertz CT molecular complexity index is 627. The predicted molar refractivity (Wildman–Crippen MR) is 85.7 cm³/mol. The molecule has 2 fully saturated rings. The molecule has 0 saturated carbocycles. The highest BCUT2D eigenvalue weighted by atomic mass is 16.5. The van der Waals surface area contributed by atoms with Crippen LogP contribution in [-0.2, 0) is 11.3 Å². The summed E-state index contributed by atoms with van der Waals surface area (Å²) in [5.41, 5.74) is 2.01. The number of hydrogen-bond donors (Lipinski definition) is 1. The van der Waals surface area contributed by atoms with Crippen LogP contribution in [0.4, 0.5) is 0 Å². The molecule has 22 heavy (non-hydrogen) atoms. The Morgan fingerprint density at radius 2 is 2.27 bits per heavy atom. The molecule has 2 aliphatic heterocycles. The van der Waals surface area contributed by atoms with Crippen molar-refractivity contribution in [3.63, 3.8) is 0 Å². The highest BCUT2D eigenvalue weighted by Gasteiger charge is 2.25. The number of nitrogens with zero attached hydrogens (tertiary/aromatic N) is 3. The lowest BCUT2D eigenvalue weighted by molar-refractivity contribution is 0.00713. The molecule has 5 nitrogen and oxygen atoms in total. The lowest BCUT2D eigenvalue weighted by atomic mass is 9.99. The zero-order valence-electron chi connectivity index (χ0n) is 13.0. The molecule has 2 aliphatic rings. The van der Waals surface area contributed by atoms with E-state index in [0.29, 0.717) is 5.92 Å². The largest absolute Gasteiger partial charge is 0.370 e.